The number of methoxy groups -OCH3 is 1. The van der Waals surface area contributed by atoms with E-state index in [1.807, 2.05) is 20.1 Å². The maximum atomic E-state index is 12.4. The highest BCUT2D eigenvalue weighted by Crippen LogP contribution is 2.22. The van der Waals surface area contributed by atoms with Gasteiger partial charge in [-0.2, -0.15) is 0 Å². The number of hydrogen-bond donors (Lipinski definition) is 7. The van der Waals surface area contributed by atoms with Gasteiger partial charge in [0.25, 0.3) is 0 Å². The molecule has 1 heterocycles. The summed E-state index contributed by atoms with van der Waals surface area (Å²) in [5.41, 5.74) is 1.15. The van der Waals surface area contributed by atoms with Crippen molar-refractivity contribution in [1.82, 2.24) is 56.0 Å². The Morgan fingerprint density at radius 2 is 1.01 bits per heavy atom. The summed E-state index contributed by atoms with van der Waals surface area (Å²) in [7, 11) is 15.5. The first-order chi connectivity index (χ1) is 39.6. The van der Waals surface area contributed by atoms with E-state index in [1.165, 1.54) is 0 Å². The molecule has 1 aliphatic heterocycles. The molecule has 494 valence electrons. The normalized spacial score (nSPS) is 30.0. The van der Waals surface area contributed by atoms with Crippen molar-refractivity contribution in [1.29, 1.82) is 0 Å². The van der Waals surface area contributed by atoms with E-state index in [-0.39, 0.29) is 42.2 Å². The van der Waals surface area contributed by atoms with Crippen LogP contribution in [0, 0.1) is 35.5 Å². The van der Waals surface area contributed by atoms with Crippen LogP contribution in [0.25, 0.3) is 0 Å². The minimum atomic E-state index is -0.646. The summed E-state index contributed by atoms with van der Waals surface area (Å²) in [6.07, 6.45) is 8.23. The SMILES string of the molecule is C/C=C/C[C@@H](C)[C@@H](O)[C@@H]1CN[C@H]([C@@H](C)O)CN(C)[C@@H](COCc2ccccc2)CN(C)[C@H](C(C)OC)CN[C@@H](CC(C)C)CN(C)[C@@H](CC(C)C)CN[C@@H](C)CN[C@H](C)CN(C)[C@@H](CC(C)C)CN[C@@H](CC(C)C)CN(C)[C@H](C(C)C)CN1C. The van der Waals surface area contributed by atoms with Crippen LogP contribution in [-0.4, -0.2) is 252 Å². The first-order valence-electron chi connectivity index (χ1n) is 33.6. The standard InChI is InChI=1S/C69H139N11O4/c1-24-25-29-54(12)69(82)67-40-74-65(57(15)81)45-77(19)64(48-84-47-59-30-27-26-28-31-59)44-79(21)66(58(16)83-23)39-73-60(32-49(2)3)42-76(18)62(34-51(6)7)37-71-55(13)36-70-56(14)41-75(17)63(35-52(8)9)38-72-61(33-50(4)5)43-78(20)68(53(10)11)46-80(67)22/h24-28,30-31,49-58,60-74,81-82H,29,32-48H2,1-23H3/b25-24+/t54-,55+,56-,57-,58?,60+,61+,62+,63+,64-,65+,66+,67+,68+,69-/m1/s1. The molecule has 0 spiro atoms. The van der Waals surface area contributed by atoms with Crippen molar-refractivity contribution in [2.45, 2.75) is 234 Å². The Labute approximate surface area is 519 Å². The van der Waals surface area contributed by atoms with Gasteiger partial charge in [-0.15, -0.1) is 0 Å². The lowest BCUT2D eigenvalue weighted by molar-refractivity contribution is -0.00449. The molecule has 1 saturated heterocycles. The van der Waals surface area contributed by atoms with E-state index < -0.39 is 12.2 Å². The molecule has 1 fully saturated rings. The Bertz CT molecular complexity index is 1800. The molecule has 0 saturated carbocycles. The molecule has 2 rings (SSSR count). The second-order valence-electron chi connectivity index (χ2n) is 28.9. The van der Waals surface area contributed by atoms with Crippen molar-refractivity contribution in [2.75, 3.05) is 128 Å². The number of aliphatic hydroxyl groups excluding tert-OH is 2. The zero-order chi connectivity index (χ0) is 63.2. The van der Waals surface area contributed by atoms with Gasteiger partial charge >= 0.3 is 0 Å². The minimum Gasteiger partial charge on any atom is -0.392 e. The van der Waals surface area contributed by atoms with Crippen LogP contribution in [0.2, 0.25) is 0 Å². The second-order valence-corrected chi connectivity index (χ2v) is 28.9. The summed E-state index contributed by atoms with van der Waals surface area (Å²) in [4.78, 5) is 15.1. The van der Waals surface area contributed by atoms with Gasteiger partial charge in [0.05, 0.1) is 31.5 Å². The Hall–Kier alpha value is -1.64. The van der Waals surface area contributed by atoms with Gasteiger partial charge in [-0.25, -0.2) is 0 Å². The van der Waals surface area contributed by atoms with Gasteiger partial charge in [-0.05, 0) is 150 Å². The van der Waals surface area contributed by atoms with Crippen LogP contribution in [0.3, 0.4) is 0 Å². The predicted molar refractivity (Wildman–Crippen MR) is 360 cm³/mol. The highest BCUT2D eigenvalue weighted by molar-refractivity contribution is 5.13. The second kappa shape index (κ2) is 42.4. The van der Waals surface area contributed by atoms with E-state index in [0.29, 0.717) is 92.1 Å². The molecule has 1 aliphatic rings. The predicted octanol–water partition coefficient (Wildman–Crippen LogP) is 8.07. The first kappa shape index (κ1) is 78.5. The number of aliphatic hydroxyl groups is 2. The zero-order valence-electron chi connectivity index (χ0n) is 58.7. The average Bonchev–Trinajstić information content (AvgIpc) is 3.44. The van der Waals surface area contributed by atoms with Crippen LogP contribution in [0.4, 0.5) is 0 Å². The van der Waals surface area contributed by atoms with Crippen LogP contribution >= 0.6 is 0 Å². The monoisotopic (exact) mass is 1190 g/mol. The molecule has 7 N–H and O–H groups in total. The molecule has 15 heteroatoms. The van der Waals surface area contributed by atoms with E-state index in [1.54, 1.807) is 0 Å². The van der Waals surface area contributed by atoms with Gasteiger partial charge in [0, 0.05) is 146 Å². The van der Waals surface area contributed by atoms with E-state index >= 15 is 0 Å². The molecule has 15 nitrogen and oxygen atoms in total. The molecule has 0 radical (unpaired) electrons. The number of hydrogen-bond acceptors (Lipinski definition) is 15. The maximum absolute atomic E-state index is 12.4. The number of benzene rings is 1. The van der Waals surface area contributed by atoms with E-state index in [0.717, 1.165) is 96.6 Å². The molecule has 1 aromatic carbocycles. The summed E-state index contributed by atoms with van der Waals surface area (Å²) < 4.78 is 12.8. The Balaban J connectivity index is 2.75. The van der Waals surface area contributed by atoms with Gasteiger partial charge in [0.1, 0.15) is 0 Å². The van der Waals surface area contributed by atoms with Gasteiger partial charge in [0.15, 0.2) is 0 Å². The Morgan fingerprint density at radius 3 is 1.55 bits per heavy atom. The zero-order valence-corrected chi connectivity index (χ0v) is 58.7. The highest BCUT2D eigenvalue weighted by Gasteiger charge is 2.35. The smallest absolute Gasteiger partial charge is 0.0736 e. The molecular formula is C69H139N11O4. The van der Waals surface area contributed by atoms with Crippen LogP contribution in [-0.2, 0) is 16.1 Å². The fraction of sp³-hybridized carbons (Fsp3) is 0.884. The number of rotatable bonds is 20. The van der Waals surface area contributed by atoms with Crippen molar-refractivity contribution in [3.05, 3.63) is 48.0 Å². The topological polar surface area (TPSA) is 139 Å². The summed E-state index contributed by atoms with van der Waals surface area (Å²) in [5, 5.41) is 44.2. The fourth-order valence-electron chi connectivity index (χ4n) is 12.8. The molecule has 1 unspecified atom stereocenters. The lowest BCUT2D eigenvalue weighted by Gasteiger charge is -2.42. The summed E-state index contributed by atoms with van der Waals surface area (Å²) >= 11 is 0. The fourth-order valence-corrected chi connectivity index (χ4v) is 12.8. The largest absolute Gasteiger partial charge is 0.392 e. The lowest BCUT2D eigenvalue weighted by Crippen LogP contribution is -2.59. The van der Waals surface area contributed by atoms with Crippen molar-refractivity contribution < 1.29 is 19.7 Å². The molecule has 0 bridgehead atoms. The van der Waals surface area contributed by atoms with Crippen molar-refractivity contribution in [3.63, 3.8) is 0 Å². The number of allylic oxidation sites excluding steroid dienone is 2. The summed E-state index contributed by atoms with van der Waals surface area (Å²) in [5.74, 6) is 2.68. The minimum absolute atomic E-state index is 0.00217. The third-order valence-corrected chi connectivity index (χ3v) is 18.3. The molecule has 84 heavy (non-hydrogen) atoms. The van der Waals surface area contributed by atoms with Gasteiger partial charge in [-0.1, -0.05) is 119 Å². The molecule has 1 aromatic rings. The molecule has 0 amide bonds. The Morgan fingerprint density at radius 1 is 0.524 bits per heavy atom. The highest BCUT2D eigenvalue weighted by atomic mass is 16.5. The van der Waals surface area contributed by atoms with E-state index in [9.17, 15) is 10.2 Å². The summed E-state index contributed by atoms with van der Waals surface area (Å²) in [6, 6.07) is 12.4. The lowest BCUT2D eigenvalue weighted by atomic mass is 9.92. The van der Waals surface area contributed by atoms with Gasteiger partial charge < -0.3 is 61.0 Å². The number of likely N-dealkylation sites (N-methyl/N-ethyl adjacent to an activating group) is 6. The molecule has 0 aromatic heterocycles. The number of ether oxygens (including phenoxy) is 2. The Kier molecular flexibility index (Phi) is 39.6. The first-order valence-corrected chi connectivity index (χ1v) is 33.6. The van der Waals surface area contributed by atoms with Gasteiger partial charge in [-0.3, -0.25) is 14.7 Å². The van der Waals surface area contributed by atoms with E-state index in [2.05, 4.69) is 239 Å². The third-order valence-electron chi connectivity index (χ3n) is 18.3. The van der Waals surface area contributed by atoms with Crippen LogP contribution < -0.4 is 26.6 Å². The van der Waals surface area contributed by atoms with Crippen molar-refractivity contribution in [3.8, 4) is 0 Å². The molecular weight excluding hydrogens is 1050 g/mol. The van der Waals surface area contributed by atoms with Crippen molar-refractivity contribution in [2.24, 2.45) is 35.5 Å². The number of nitrogens with zero attached hydrogens (tertiary/aromatic N) is 6. The van der Waals surface area contributed by atoms with Crippen LogP contribution in [0.5, 0.6) is 0 Å². The molecule has 0 aliphatic carbocycles. The van der Waals surface area contributed by atoms with Crippen LogP contribution in [0.1, 0.15) is 148 Å². The van der Waals surface area contributed by atoms with Crippen LogP contribution in [0.15, 0.2) is 42.5 Å². The van der Waals surface area contributed by atoms with Crippen molar-refractivity contribution >= 4 is 0 Å². The average molecular weight is 1190 g/mol. The van der Waals surface area contributed by atoms with E-state index in [4.69, 9.17) is 9.47 Å². The number of nitrogens with one attached hydrogen (secondary N) is 5. The van der Waals surface area contributed by atoms with Gasteiger partial charge in [0.2, 0.25) is 0 Å². The quantitative estimate of drug-likeness (QED) is 0.0634. The third kappa shape index (κ3) is 31.2. The maximum Gasteiger partial charge on any atom is 0.0736 e. The summed E-state index contributed by atoms with van der Waals surface area (Å²) in [6.45, 7) is 46.8. The molecule has 15 atom stereocenters.